The van der Waals surface area contributed by atoms with Crippen molar-refractivity contribution in [3.05, 3.63) is 74.1 Å². The van der Waals surface area contributed by atoms with E-state index in [1.165, 1.54) is 29.0 Å². The summed E-state index contributed by atoms with van der Waals surface area (Å²) < 4.78 is 20.2. The summed E-state index contributed by atoms with van der Waals surface area (Å²) in [6, 6.07) is 20.6. The van der Waals surface area contributed by atoms with Crippen LogP contribution in [0.25, 0.3) is 42.1 Å². The number of halogens is 3. The summed E-state index contributed by atoms with van der Waals surface area (Å²) in [6.45, 7) is 0. The normalized spacial score (nSPS) is 12.1. The van der Waals surface area contributed by atoms with Gasteiger partial charge in [0.1, 0.15) is 5.75 Å². The molecule has 0 spiro atoms. The maximum absolute atomic E-state index is 12.3. The highest BCUT2D eigenvalue weighted by atomic mass is 79.9. The molecule has 0 saturated carbocycles. The van der Waals surface area contributed by atoms with Gasteiger partial charge in [-0.3, -0.25) is 4.79 Å². The Morgan fingerprint density at radius 1 is 0.865 bits per heavy atom. The van der Waals surface area contributed by atoms with Gasteiger partial charge in [-0.15, -0.1) is 11.3 Å². The number of carbonyl (C=O) groups is 2. The van der Waals surface area contributed by atoms with Crippen LogP contribution in [0.2, 0.25) is 0 Å². The Balaban J connectivity index is 1.72. The van der Waals surface area contributed by atoms with Crippen molar-refractivity contribution < 1.29 is 23.8 Å². The Labute approximate surface area is 242 Å². The number of rotatable bonds is 6. The molecular formula is C28H19Br3O5S. The van der Waals surface area contributed by atoms with Crippen molar-refractivity contribution in [2.75, 3.05) is 14.2 Å². The predicted octanol–water partition coefficient (Wildman–Crippen LogP) is 8.65. The Bertz CT molecular complexity index is 1670. The van der Waals surface area contributed by atoms with Crippen molar-refractivity contribution in [2.45, 2.75) is 12.5 Å². The van der Waals surface area contributed by atoms with Gasteiger partial charge in [-0.2, -0.15) is 0 Å². The molecule has 0 bridgehead atoms. The number of benzene rings is 4. The van der Waals surface area contributed by atoms with Crippen LogP contribution in [0.15, 0.2) is 74.1 Å². The van der Waals surface area contributed by atoms with Crippen LogP contribution in [0.5, 0.6) is 5.75 Å². The van der Waals surface area contributed by atoms with E-state index in [4.69, 9.17) is 14.2 Å². The Kier molecular flexibility index (Phi) is 7.58. The van der Waals surface area contributed by atoms with Gasteiger partial charge < -0.3 is 14.2 Å². The fourth-order valence-corrected chi connectivity index (χ4v) is 7.72. The minimum absolute atomic E-state index is 0.275. The van der Waals surface area contributed by atoms with Gasteiger partial charge >= 0.3 is 11.9 Å². The zero-order chi connectivity index (χ0) is 26.3. The van der Waals surface area contributed by atoms with Gasteiger partial charge in [0, 0.05) is 19.9 Å². The molecule has 0 fully saturated rings. The smallest absolute Gasteiger partial charge is 0.347 e. The van der Waals surface area contributed by atoms with E-state index in [0.717, 1.165) is 31.8 Å². The Morgan fingerprint density at radius 2 is 1.49 bits per heavy atom. The number of methoxy groups -OCH3 is 2. The quantitative estimate of drug-likeness (QED) is 0.166. The van der Waals surface area contributed by atoms with Crippen LogP contribution in [0.1, 0.15) is 6.42 Å². The second-order valence-electron chi connectivity index (χ2n) is 8.22. The van der Waals surface area contributed by atoms with Crippen molar-refractivity contribution in [2.24, 2.45) is 0 Å². The highest BCUT2D eigenvalue weighted by molar-refractivity contribution is 9.11. The first-order valence-electron chi connectivity index (χ1n) is 11.2. The fraction of sp³-hybridized carbons (Fsp3) is 0.143. The molecule has 0 aliphatic rings. The van der Waals surface area contributed by atoms with E-state index in [-0.39, 0.29) is 6.42 Å². The van der Waals surface area contributed by atoms with E-state index in [9.17, 15) is 9.59 Å². The number of esters is 2. The molecule has 0 aliphatic heterocycles. The van der Waals surface area contributed by atoms with Crippen LogP contribution in [0.3, 0.4) is 0 Å². The molecular weight excluding hydrogens is 688 g/mol. The third kappa shape index (κ3) is 4.78. The van der Waals surface area contributed by atoms with E-state index in [0.29, 0.717) is 14.7 Å². The molecule has 5 nitrogen and oxygen atoms in total. The molecule has 5 rings (SSSR count). The summed E-state index contributed by atoms with van der Waals surface area (Å²) in [5.41, 5.74) is 2.06. The monoisotopic (exact) mass is 704 g/mol. The molecule has 1 atom stereocenters. The molecule has 37 heavy (non-hydrogen) atoms. The number of fused-ring (bicyclic) bond motifs is 4. The molecule has 0 aliphatic carbocycles. The maximum atomic E-state index is 12.3. The van der Waals surface area contributed by atoms with E-state index >= 15 is 0 Å². The van der Waals surface area contributed by atoms with Crippen molar-refractivity contribution in [3.63, 3.8) is 0 Å². The highest BCUT2D eigenvalue weighted by Gasteiger charge is 2.28. The predicted molar refractivity (Wildman–Crippen MR) is 158 cm³/mol. The lowest BCUT2D eigenvalue weighted by molar-refractivity contribution is -0.155. The SMILES string of the molecule is COC(=O)C[C@@H](Oc1c(Br)cc(-c2c3ccccc3c(Br)c3sc4ccccc4c23)cc1Br)C(=O)OC. The molecule has 0 N–H and O–H groups in total. The van der Waals surface area contributed by atoms with Gasteiger partial charge in [0.2, 0.25) is 6.10 Å². The third-order valence-electron chi connectivity index (χ3n) is 6.07. The molecule has 0 saturated heterocycles. The van der Waals surface area contributed by atoms with Gasteiger partial charge in [-0.05, 0) is 87.9 Å². The van der Waals surface area contributed by atoms with E-state index in [2.05, 4.69) is 84.2 Å². The van der Waals surface area contributed by atoms with Crippen molar-refractivity contribution in [3.8, 4) is 16.9 Å². The maximum Gasteiger partial charge on any atom is 0.347 e. The Morgan fingerprint density at radius 3 is 2.14 bits per heavy atom. The summed E-state index contributed by atoms with van der Waals surface area (Å²) in [5, 5.41) is 4.57. The number of carbonyl (C=O) groups excluding carboxylic acids is 2. The third-order valence-corrected chi connectivity index (χ3v) is 9.52. The molecule has 5 aromatic rings. The summed E-state index contributed by atoms with van der Waals surface area (Å²) in [7, 11) is 2.51. The molecule has 4 aromatic carbocycles. The van der Waals surface area contributed by atoms with Gasteiger partial charge in [0.25, 0.3) is 0 Å². The highest BCUT2D eigenvalue weighted by Crippen LogP contribution is 2.50. The molecule has 9 heteroatoms. The number of thiophene rings is 1. The molecule has 1 heterocycles. The standard InChI is InChI=1S/C28H19Br3O5S/c1-34-22(32)13-20(28(33)35-2)36-26-18(29)11-14(12-19(26)30)23-15-7-3-4-8-16(15)25(31)27-24(23)17-9-5-6-10-21(17)37-27/h3-12,20H,13H2,1-2H3/t20-/m1/s1. The van der Waals surface area contributed by atoms with Crippen LogP contribution in [0, 0.1) is 0 Å². The lowest BCUT2D eigenvalue weighted by atomic mass is 9.93. The van der Waals surface area contributed by atoms with E-state index in [1.54, 1.807) is 11.3 Å². The molecule has 188 valence electrons. The van der Waals surface area contributed by atoms with Crippen molar-refractivity contribution in [1.82, 2.24) is 0 Å². The lowest BCUT2D eigenvalue weighted by Crippen LogP contribution is -2.31. The van der Waals surface area contributed by atoms with Gasteiger partial charge in [0.05, 0.1) is 34.3 Å². The van der Waals surface area contributed by atoms with Crippen LogP contribution < -0.4 is 4.74 Å². The molecule has 0 amide bonds. The zero-order valence-corrected chi connectivity index (χ0v) is 25.2. The lowest BCUT2D eigenvalue weighted by Gasteiger charge is -2.19. The summed E-state index contributed by atoms with van der Waals surface area (Å²) in [4.78, 5) is 24.2. The first-order valence-corrected chi connectivity index (χ1v) is 14.4. The molecule has 0 radical (unpaired) electrons. The van der Waals surface area contributed by atoms with Crippen LogP contribution >= 0.6 is 59.1 Å². The van der Waals surface area contributed by atoms with Crippen LogP contribution in [0.4, 0.5) is 0 Å². The second kappa shape index (κ2) is 10.7. The second-order valence-corrected chi connectivity index (χ2v) is 11.8. The summed E-state index contributed by atoms with van der Waals surface area (Å²) >= 11 is 12.9. The minimum Gasteiger partial charge on any atom is -0.476 e. The first-order chi connectivity index (χ1) is 17.8. The van der Waals surface area contributed by atoms with E-state index < -0.39 is 18.0 Å². The van der Waals surface area contributed by atoms with Crippen LogP contribution in [-0.4, -0.2) is 32.3 Å². The summed E-state index contributed by atoms with van der Waals surface area (Å²) in [6.07, 6.45) is -1.43. The zero-order valence-electron chi connectivity index (χ0n) is 19.6. The first kappa shape index (κ1) is 26.2. The van der Waals surface area contributed by atoms with E-state index in [1.807, 2.05) is 24.3 Å². The van der Waals surface area contributed by atoms with Gasteiger partial charge in [-0.1, -0.05) is 42.5 Å². The van der Waals surface area contributed by atoms with Gasteiger partial charge in [-0.25, -0.2) is 4.79 Å². The average Bonchev–Trinajstić information content (AvgIpc) is 3.29. The topological polar surface area (TPSA) is 61.8 Å². The van der Waals surface area contributed by atoms with Gasteiger partial charge in [0.15, 0.2) is 0 Å². The molecule has 1 aromatic heterocycles. The average molecular weight is 707 g/mol. The van der Waals surface area contributed by atoms with Crippen LogP contribution in [-0.2, 0) is 19.1 Å². The Hall–Kier alpha value is -2.46. The number of hydrogen-bond donors (Lipinski definition) is 0. The number of hydrogen-bond acceptors (Lipinski definition) is 6. The van der Waals surface area contributed by atoms with Crippen molar-refractivity contribution >= 4 is 102 Å². The summed E-state index contributed by atoms with van der Waals surface area (Å²) in [5.74, 6) is -0.859. The van der Waals surface area contributed by atoms with Crippen molar-refractivity contribution in [1.29, 1.82) is 0 Å². The fourth-order valence-electron chi connectivity index (χ4n) is 4.40. The number of ether oxygens (including phenoxy) is 3. The minimum atomic E-state index is -1.16. The molecule has 0 unspecified atom stereocenters. The largest absolute Gasteiger partial charge is 0.476 e.